The van der Waals surface area contributed by atoms with Gasteiger partial charge in [-0.15, -0.1) is 0 Å². The van der Waals surface area contributed by atoms with E-state index in [2.05, 4.69) is 20.0 Å². The summed E-state index contributed by atoms with van der Waals surface area (Å²) in [5.74, 6) is 1.37. The third-order valence-electron chi connectivity index (χ3n) is 4.05. The molecular weight excluding hydrogens is 384 g/mol. The van der Waals surface area contributed by atoms with Gasteiger partial charge in [0.2, 0.25) is 11.7 Å². The first kappa shape index (κ1) is 18.0. The molecule has 0 atom stereocenters. The molecule has 0 aliphatic heterocycles. The average Bonchev–Trinajstić information content (AvgIpc) is 3.38. The molecule has 144 valence electrons. The maximum absolute atomic E-state index is 12.8. The lowest BCUT2D eigenvalue weighted by Gasteiger charge is -2.11. The van der Waals surface area contributed by atoms with Gasteiger partial charge in [-0.2, -0.15) is 4.98 Å². The third kappa shape index (κ3) is 3.41. The second kappa shape index (κ2) is 6.97. The van der Waals surface area contributed by atoms with Crippen LogP contribution in [0.5, 0.6) is 0 Å². The van der Waals surface area contributed by atoms with E-state index >= 15 is 0 Å². The van der Waals surface area contributed by atoms with E-state index in [1.54, 1.807) is 50.2 Å². The molecule has 3 aromatic heterocycles. The number of nitrogens with zero attached hydrogens (tertiary/aromatic N) is 3. The maximum Gasteiger partial charge on any atom is 0.267 e. The number of furan rings is 1. The minimum atomic E-state index is -3.86. The molecule has 4 aromatic rings. The minimum Gasteiger partial charge on any atom is -0.461 e. The molecule has 28 heavy (non-hydrogen) atoms. The smallest absolute Gasteiger partial charge is 0.267 e. The van der Waals surface area contributed by atoms with Crippen LogP contribution in [0.3, 0.4) is 0 Å². The molecule has 0 fully saturated rings. The molecule has 1 aromatic carbocycles. The molecule has 0 spiro atoms. The molecule has 0 aliphatic carbocycles. The van der Waals surface area contributed by atoms with Crippen LogP contribution in [0.2, 0.25) is 0 Å². The van der Waals surface area contributed by atoms with E-state index in [0.29, 0.717) is 34.4 Å². The van der Waals surface area contributed by atoms with E-state index in [-0.39, 0.29) is 17.1 Å². The van der Waals surface area contributed by atoms with Crippen molar-refractivity contribution in [2.75, 3.05) is 4.72 Å². The highest BCUT2D eigenvalue weighted by atomic mass is 32.2. The first-order valence-corrected chi connectivity index (χ1v) is 9.82. The average molecular weight is 400 g/mol. The number of aromatic nitrogens is 3. The van der Waals surface area contributed by atoms with Crippen LogP contribution in [0.15, 0.2) is 61.0 Å². The second-order valence-electron chi connectivity index (χ2n) is 6.08. The Labute approximate surface area is 160 Å². The van der Waals surface area contributed by atoms with Gasteiger partial charge >= 0.3 is 0 Å². The molecular formula is C18H16N4O5S. The molecule has 3 heterocycles. The number of hydrogen-bond donors (Lipinski definition) is 1. The first-order valence-electron chi connectivity index (χ1n) is 8.34. The van der Waals surface area contributed by atoms with Crippen molar-refractivity contribution in [1.29, 1.82) is 0 Å². The van der Waals surface area contributed by atoms with Gasteiger partial charge in [-0.25, -0.2) is 8.42 Å². The Morgan fingerprint density at radius 3 is 2.57 bits per heavy atom. The number of benzene rings is 1. The molecule has 0 bridgehead atoms. The molecule has 0 radical (unpaired) electrons. The van der Waals surface area contributed by atoms with Gasteiger partial charge in [0, 0.05) is 0 Å². The molecule has 1 N–H and O–H groups in total. The molecule has 9 nitrogen and oxygen atoms in total. The van der Waals surface area contributed by atoms with Gasteiger partial charge in [-0.3, -0.25) is 4.72 Å². The van der Waals surface area contributed by atoms with Gasteiger partial charge in [0.1, 0.15) is 5.69 Å². The summed E-state index contributed by atoms with van der Waals surface area (Å²) in [4.78, 5) is 4.32. The van der Waals surface area contributed by atoms with Gasteiger partial charge in [0.25, 0.3) is 10.0 Å². The van der Waals surface area contributed by atoms with Crippen LogP contribution in [-0.4, -0.2) is 23.7 Å². The molecule has 0 saturated carbocycles. The number of nitrogens with one attached hydrogen (secondary N) is 1. The fraction of sp³-hybridized carbons (Fsp3) is 0.167. The predicted molar refractivity (Wildman–Crippen MR) is 98.0 cm³/mol. The number of sulfonamides is 1. The molecule has 0 aliphatic rings. The van der Waals surface area contributed by atoms with Gasteiger partial charge in [-0.1, -0.05) is 28.5 Å². The predicted octanol–water partition coefficient (Wildman–Crippen LogP) is 3.33. The largest absolute Gasteiger partial charge is 0.461 e. The number of hydrogen-bond acceptors (Lipinski definition) is 8. The zero-order chi connectivity index (χ0) is 19.7. The summed E-state index contributed by atoms with van der Waals surface area (Å²) in [6.07, 6.45) is 1.76. The fourth-order valence-electron chi connectivity index (χ4n) is 2.82. The highest BCUT2D eigenvalue weighted by Crippen LogP contribution is 2.26. The van der Waals surface area contributed by atoms with E-state index in [0.717, 1.165) is 0 Å². The molecule has 0 saturated heterocycles. The van der Waals surface area contributed by atoms with Crippen LogP contribution in [0.25, 0.3) is 11.6 Å². The standard InChI is InChI=1S/C18H16N4O5S/c1-11-17(12(2)26-20-11)28(23,24)22-14-7-4-3-6-13(14)10-16-19-18(21-27-16)15-8-5-9-25-15/h3-9,22H,10H2,1-2H3. The Balaban J connectivity index is 1.61. The van der Waals surface area contributed by atoms with Gasteiger partial charge < -0.3 is 13.5 Å². The number of para-hydroxylation sites is 1. The lowest BCUT2D eigenvalue weighted by Crippen LogP contribution is -2.15. The Morgan fingerprint density at radius 2 is 1.86 bits per heavy atom. The topological polar surface area (TPSA) is 124 Å². The van der Waals surface area contributed by atoms with E-state index < -0.39 is 10.0 Å². The van der Waals surface area contributed by atoms with Crippen molar-refractivity contribution in [1.82, 2.24) is 15.3 Å². The zero-order valence-electron chi connectivity index (χ0n) is 15.0. The molecule has 0 amide bonds. The van der Waals surface area contributed by atoms with Crippen LogP contribution in [0, 0.1) is 13.8 Å². The Morgan fingerprint density at radius 1 is 1.04 bits per heavy atom. The van der Waals surface area contributed by atoms with E-state index in [1.165, 1.54) is 6.26 Å². The summed E-state index contributed by atoms with van der Waals surface area (Å²) >= 11 is 0. The maximum atomic E-state index is 12.8. The van der Waals surface area contributed by atoms with Crippen LogP contribution < -0.4 is 4.72 Å². The van der Waals surface area contributed by atoms with E-state index in [1.807, 2.05) is 0 Å². The van der Waals surface area contributed by atoms with Crippen molar-refractivity contribution in [3.63, 3.8) is 0 Å². The summed E-state index contributed by atoms with van der Waals surface area (Å²) in [5, 5.41) is 7.59. The van der Waals surface area contributed by atoms with Gasteiger partial charge in [-0.05, 0) is 37.6 Å². The second-order valence-corrected chi connectivity index (χ2v) is 7.70. The van der Waals surface area contributed by atoms with Crippen molar-refractivity contribution in [3.05, 3.63) is 65.6 Å². The summed E-state index contributed by atoms with van der Waals surface area (Å²) < 4.78 is 43.7. The van der Waals surface area contributed by atoms with E-state index in [4.69, 9.17) is 13.5 Å². The van der Waals surface area contributed by atoms with Gasteiger partial charge in [0.05, 0.1) is 18.4 Å². The Kier molecular flexibility index (Phi) is 4.47. The van der Waals surface area contributed by atoms with Crippen molar-refractivity contribution in [2.45, 2.75) is 25.2 Å². The minimum absolute atomic E-state index is 0.0280. The summed E-state index contributed by atoms with van der Waals surface area (Å²) in [7, 11) is -3.86. The zero-order valence-corrected chi connectivity index (χ0v) is 15.9. The normalized spacial score (nSPS) is 11.6. The summed E-state index contributed by atoms with van der Waals surface area (Å²) in [6.45, 7) is 3.13. The first-order chi connectivity index (χ1) is 13.4. The van der Waals surface area contributed by atoms with Crippen molar-refractivity contribution in [3.8, 4) is 11.6 Å². The lowest BCUT2D eigenvalue weighted by atomic mass is 10.1. The fourth-order valence-corrected chi connectivity index (χ4v) is 4.26. The summed E-state index contributed by atoms with van der Waals surface area (Å²) in [5.41, 5.74) is 1.37. The Bertz CT molecular complexity index is 1190. The number of anilines is 1. The highest BCUT2D eigenvalue weighted by molar-refractivity contribution is 7.92. The molecule has 0 unspecified atom stereocenters. The van der Waals surface area contributed by atoms with Crippen LogP contribution in [0.1, 0.15) is 22.9 Å². The highest BCUT2D eigenvalue weighted by Gasteiger charge is 2.25. The Hall–Kier alpha value is -3.40. The van der Waals surface area contributed by atoms with Crippen molar-refractivity contribution >= 4 is 15.7 Å². The number of aryl methyl sites for hydroxylation is 2. The lowest BCUT2D eigenvalue weighted by molar-refractivity contribution is 0.384. The molecule has 4 rings (SSSR count). The van der Waals surface area contributed by atoms with Gasteiger partial charge in [0.15, 0.2) is 16.4 Å². The van der Waals surface area contributed by atoms with Crippen molar-refractivity contribution in [2.24, 2.45) is 0 Å². The van der Waals surface area contributed by atoms with Crippen LogP contribution in [-0.2, 0) is 16.4 Å². The summed E-state index contributed by atoms with van der Waals surface area (Å²) in [6, 6.07) is 10.4. The van der Waals surface area contributed by atoms with Crippen molar-refractivity contribution < 1.29 is 21.9 Å². The third-order valence-corrected chi connectivity index (χ3v) is 5.66. The quantitative estimate of drug-likeness (QED) is 0.522. The van der Waals surface area contributed by atoms with Crippen LogP contribution in [0.4, 0.5) is 5.69 Å². The van der Waals surface area contributed by atoms with E-state index in [9.17, 15) is 8.42 Å². The monoisotopic (exact) mass is 400 g/mol. The number of rotatable bonds is 6. The van der Waals surface area contributed by atoms with Crippen LogP contribution >= 0.6 is 0 Å². The SMILES string of the molecule is Cc1noc(C)c1S(=O)(=O)Nc1ccccc1Cc1nc(-c2ccco2)no1. The molecule has 10 heteroatoms.